The van der Waals surface area contributed by atoms with Gasteiger partial charge >= 0.3 is 0 Å². The van der Waals surface area contributed by atoms with E-state index in [-0.39, 0.29) is 0 Å². The van der Waals surface area contributed by atoms with Crippen LogP contribution in [0.4, 0.5) is 0 Å². The molecule has 0 aliphatic carbocycles. The molecule has 0 spiro atoms. The smallest absolute Gasteiger partial charge is 0.0481 e. The molecule has 0 amide bonds. The van der Waals surface area contributed by atoms with Gasteiger partial charge in [0.05, 0.1) is 0 Å². The van der Waals surface area contributed by atoms with Gasteiger partial charge in [-0.2, -0.15) is 0 Å². The molecule has 0 radical (unpaired) electrons. The average Bonchev–Trinajstić information content (AvgIpc) is 2.37. The van der Waals surface area contributed by atoms with Gasteiger partial charge in [0.25, 0.3) is 0 Å². The Morgan fingerprint density at radius 3 is 2.57 bits per heavy atom. The minimum Gasteiger partial charge on any atom is -0.329 e. The molecule has 1 aliphatic heterocycles. The fourth-order valence-corrected chi connectivity index (χ4v) is 3.09. The lowest BCUT2D eigenvalue weighted by molar-refractivity contribution is 0.122. The molecule has 14 heavy (non-hydrogen) atoms. The largest absolute Gasteiger partial charge is 0.329 e. The van der Waals surface area contributed by atoms with E-state index in [1.807, 2.05) is 11.3 Å². The third-order valence-corrected chi connectivity index (χ3v) is 3.97. The number of hydrogen-bond acceptors (Lipinski definition) is 3. The molecule has 0 bridgehead atoms. The van der Waals surface area contributed by atoms with E-state index in [0.717, 1.165) is 6.54 Å². The van der Waals surface area contributed by atoms with Crippen molar-refractivity contribution in [2.75, 3.05) is 19.6 Å². The highest BCUT2D eigenvalue weighted by atomic mass is 32.1. The Bertz CT molecular complexity index is 315. The summed E-state index contributed by atoms with van der Waals surface area (Å²) >= 11 is 1.88. The van der Waals surface area contributed by atoms with E-state index < -0.39 is 0 Å². The summed E-state index contributed by atoms with van der Waals surface area (Å²) in [5.41, 5.74) is 7.31. The lowest BCUT2D eigenvalue weighted by atomic mass is 10.0. The fourth-order valence-electron chi connectivity index (χ4n) is 2.11. The monoisotopic (exact) mass is 210 g/mol. The van der Waals surface area contributed by atoms with Gasteiger partial charge in [-0.05, 0) is 31.9 Å². The van der Waals surface area contributed by atoms with Crippen LogP contribution in [-0.2, 0) is 0 Å². The molecule has 1 unspecified atom stereocenters. The van der Waals surface area contributed by atoms with Gasteiger partial charge in [-0.1, -0.05) is 0 Å². The van der Waals surface area contributed by atoms with Crippen molar-refractivity contribution in [2.24, 2.45) is 5.73 Å². The maximum Gasteiger partial charge on any atom is 0.0481 e. The van der Waals surface area contributed by atoms with Crippen LogP contribution in [0.1, 0.15) is 27.8 Å². The van der Waals surface area contributed by atoms with Crippen molar-refractivity contribution in [1.82, 2.24) is 4.90 Å². The quantitative estimate of drug-likeness (QED) is 0.827. The van der Waals surface area contributed by atoms with E-state index in [9.17, 15) is 0 Å². The highest BCUT2D eigenvalue weighted by Gasteiger charge is 2.25. The van der Waals surface area contributed by atoms with Gasteiger partial charge in [0.1, 0.15) is 0 Å². The summed E-state index contributed by atoms with van der Waals surface area (Å²) < 4.78 is 0. The summed E-state index contributed by atoms with van der Waals surface area (Å²) in [5, 5.41) is 0. The second-order valence-corrected chi connectivity index (χ2v) is 5.47. The molecule has 1 atom stereocenters. The molecule has 2 heterocycles. The van der Waals surface area contributed by atoms with E-state index in [1.165, 1.54) is 34.8 Å². The van der Waals surface area contributed by atoms with Crippen molar-refractivity contribution < 1.29 is 0 Å². The van der Waals surface area contributed by atoms with Gasteiger partial charge in [0, 0.05) is 35.4 Å². The first kappa shape index (κ1) is 10.1. The Morgan fingerprint density at radius 2 is 2.21 bits per heavy atom. The molecule has 1 fully saturated rings. The Balaban J connectivity index is 2.21. The first-order valence-electron chi connectivity index (χ1n) is 5.23. The first-order valence-corrected chi connectivity index (χ1v) is 6.05. The van der Waals surface area contributed by atoms with Crippen LogP contribution in [0.2, 0.25) is 0 Å². The maximum absolute atomic E-state index is 5.86. The van der Waals surface area contributed by atoms with E-state index >= 15 is 0 Å². The van der Waals surface area contributed by atoms with Crippen molar-refractivity contribution in [2.45, 2.75) is 26.3 Å². The van der Waals surface area contributed by atoms with Crippen LogP contribution < -0.4 is 5.73 Å². The molecule has 0 saturated carbocycles. The minimum atomic E-state index is 0.466. The van der Waals surface area contributed by atoms with Crippen LogP contribution >= 0.6 is 11.3 Å². The predicted octanol–water partition coefficient (Wildman–Crippen LogP) is 2.07. The SMILES string of the molecule is Cc1cc(C(CN)N2CCC2)c(C)s1. The number of nitrogens with zero attached hydrogens (tertiary/aromatic N) is 1. The summed E-state index contributed by atoms with van der Waals surface area (Å²) in [5.74, 6) is 0. The van der Waals surface area contributed by atoms with Crippen LogP contribution in [-0.4, -0.2) is 24.5 Å². The predicted molar refractivity (Wildman–Crippen MR) is 61.8 cm³/mol. The van der Waals surface area contributed by atoms with Gasteiger partial charge in [0.2, 0.25) is 0 Å². The standard InChI is InChI=1S/C11H18N2S/c1-8-6-10(9(2)14-8)11(7-12)13-4-3-5-13/h6,11H,3-5,7,12H2,1-2H3. The van der Waals surface area contributed by atoms with Gasteiger partial charge in [0.15, 0.2) is 0 Å². The van der Waals surface area contributed by atoms with Crippen molar-refractivity contribution in [3.63, 3.8) is 0 Å². The highest BCUT2D eigenvalue weighted by Crippen LogP contribution is 2.31. The lowest BCUT2D eigenvalue weighted by Crippen LogP contribution is -2.43. The van der Waals surface area contributed by atoms with E-state index in [2.05, 4.69) is 24.8 Å². The summed E-state index contributed by atoms with van der Waals surface area (Å²) in [7, 11) is 0. The molecule has 1 saturated heterocycles. The van der Waals surface area contributed by atoms with Crippen molar-refractivity contribution in [1.29, 1.82) is 0 Å². The summed E-state index contributed by atoms with van der Waals surface area (Å²) in [4.78, 5) is 5.32. The molecule has 2 rings (SSSR count). The molecule has 3 heteroatoms. The van der Waals surface area contributed by atoms with E-state index in [1.54, 1.807) is 0 Å². The van der Waals surface area contributed by atoms with Crippen LogP contribution in [0, 0.1) is 13.8 Å². The van der Waals surface area contributed by atoms with Gasteiger partial charge < -0.3 is 5.73 Å². The Hall–Kier alpha value is -0.380. The molecule has 78 valence electrons. The number of aryl methyl sites for hydroxylation is 2. The number of rotatable bonds is 3. The van der Waals surface area contributed by atoms with E-state index in [0.29, 0.717) is 6.04 Å². The fraction of sp³-hybridized carbons (Fsp3) is 0.636. The molecule has 1 aromatic rings. The number of hydrogen-bond donors (Lipinski definition) is 1. The minimum absolute atomic E-state index is 0.466. The third-order valence-electron chi connectivity index (χ3n) is 2.99. The molecule has 0 aromatic carbocycles. The average molecular weight is 210 g/mol. The molecular formula is C11H18N2S. The van der Waals surface area contributed by atoms with Crippen LogP contribution in [0.5, 0.6) is 0 Å². The lowest BCUT2D eigenvalue weighted by Gasteiger charge is -2.38. The Morgan fingerprint density at radius 1 is 1.50 bits per heavy atom. The highest BCUT2D eigenvalue weighted by molar-refractivity contribution is 7.12. The summed E-state index contributed by atoms with van der Waals surface area (Å²) in [6.45, 7) is 7.56. The van der Waals surface area contributed by atoms with Gasteiger partial charge in [-0.3, -0.25) is 4.90 Å². The Kier molecular flexibility index (Phi) is 2.91. The molecule has 2 N–H and O–H groups in total. The second-order valence-electron chi connectivity index (χ2n) is 4.01. The van der Waals surface area contributed by atoms with E-state index in [4.69, 9.17) is 5.73 Å². The number of nitrogens with two attached hydrogens (primary N) is 1. The summed E-state index contributed by atoms with van der Waals surface area (Å²) in [6, 6.07) is 2.77. The molecule has 2 nitrogen and oxygen atoms in total. The topological polar surface area (TPSA) is 29.3 Å². The second kappa shape index (κ2) is 4.01. The summed E-state index contributed by atoms with van der Waals surface area (Å²) in [6.07, 6.45) is 1.33. The normalized spacial score (nSPS) is 19.4. The zero-order valence-electron chi connectivity index (χ0n) is 8.92. The van der Waals surface area contributed by atoms with Crippen molar-refractivity contribution in [3.05, 3.63) is 21.4 Å². The molecule has 1 aliphatic rings. The van der Waals surface area contributed by atoms with Crippen LogP contribution in [0.25, 0.3) is 0 Å². The molecule has 1 aromatic heterocycles. The van der Waals surface area contributed by atoms with Crippen LogP contribution in [0.3, 0.4) is 0 Å². The zero-order valence-corrected chi connectivity index (χ0v) is 9.73. The maximum atomic E-state index is 5.86. The van der Waals surface area contributed by atoms with Gasteiger partial charge in [-0.25, -0.2) is 0 Å². The van der Waals surface area contributed by atoms with Crippen LogP contribution in [0.15, 0.2) is 6.07 Å². The first-order chi connectivity index (χ1) is 6.72. The van der Waals surface area contributed by atoms with Gasteiger partial charge in [-0.15, -0.1) is 11.3 Å². The Labute approximate surface area is 89.7 Å². The third kappa shape index (κ3) is 1.72. The van der Waals surface area contributed by atoms with Crippen molar-refractivity contribution >= 4 is 11.3 Å². The number of likely N-dealkylation sites (tertiary alicyclic amines) is 1. The number of thiophene rings is 1. The molecular weight excluding hydrogens is 192 g/mol. The van der Waals surface area contributed by atoms with Crippen molar-refractivity contribution in [3.8, 4) is 0 Å². The zero-order chi connectivity index (χ0) is 10.1.